The lowest BCUT2D eigenvalue weighted by atomic mass is 9.98. The number of ether oxygens (including phenoxy) is 3. The number of morpholine rings is 1. The van der Waals surface area contributed by atoms with Crippen LogP contribution in [-0.4, -0.2) is 107 Å². The van der Waals surface area contributed by atoms with Crippen molar-refractivity contribution in [3.8, 4) is 22.6 Å². The molecule has 0 bridgehead atoms. The second kappa shape index (κ2) is 17.6. The van der Waals surface area contributed by atoms with E-state index < -0.39 is 5.97 Å². The maximum absolute atomic E-state index is 13.3. The molecule has 11 nitrogen and oxygen atoms in total. The number of nitrogens with zero attached hydrogens (tertiary/aromatic N) is 6. The zero-order chi connectivity index (χ0) is 40.2. The van der Waals surface area contributed by atoms with E-state index in [1.807, 2.05) is 53.6 Å². The number of piperazine rings is 1. The van der Waals surface area contributed by atoms with Gasteiger partial charge in [0.2, 0.25) is 0 Å². The lowest BCUT2D eigenvalue weighted by molar-refractivity contribution is 0.0362. The minimum absolute atomic E-state index is 0.314. The summed E-state index contributed by atoms with van der Waals surface area (Å²) in [4.78, 5) is 20.7. The molecule has 2 aliphatic heterocycles. The number of carboxylic acids is 1. The predicted molar refractivity (Wildman–Crippen MR) is 231 cm³/mol. The molecule has 58 heavy (non-hydrogen) atoms. The lowest BCUT2D eigenvalue weighted by Crippen LogP contribution is -2.48. The number of carbonyl (C=O) groups is 1. The Morgan fingerprint density at radius 3 is 2.33 bits per heavy atom. The number of fused-ring (bicyclic) bond motifs is 2. The van der Waals surface area contributed by atoms with Crippen molar-refractivity contribution < 1.29 is 24.1 Å². The van der Waals surface area contributed by atoms with Crippen LogP contribution in [0, 0.1) is 6.92 Å². The fourth-order valence-corrected chi connectivity index (χ4v) is 8.85. The summed E-state index contributed by atoms with van der Waals surface area (Å²) in [6.07, 6.45) is 1.22. The Balaban J connectivity index is 1.08. The van der Waals surface area contributed by atoms with Crippen molar-refractivity contribution in [3.05, 3.63) is 108 Å². The van der Waals surface area contributed by atoms with Gasteiger partial charge in [0.15, 0.2) is 0 Å². The van der Waals surface area contributed by atoms with Crippen LogP contribution < -0.4 is 14.4 Å². The Labute approximate surface area is 341 Å². The van der Waals surface area contributed by atoms with Crippen LogP contribution >= 0.6 is 0 Å². The number of aromatic carboxylic acids is 1. The maximum atomic E-state index is 13.3. The maximum Gasteiger partial charge on any atom is 0.352 e. The first-order chi connectivity index (χ1) is 28.3. The first-order valence-electron chi connectivity index (χ1n) is 20.8. The third kappa shape index (κ3) is 8.30. The standard InChI is InChI=1S/C47H56N6O5/c1-33(2)51-22-24-52(25-23-51)36-17-19-37(20-18-36)58-32-42-44(34(3)48-49(42)4)41-14-8-13-39-40(15-9-29-57-43-16-7-11-35-10-5-6-12-38(35)43)46(47(54)55)53(45(39)41)26-21-50-27-30-56-31-28-50/h5-8,10-14,16-20,33H,9,15,21-32H2,1-4H3,(H,54,55). The molecule has 2 aromatic heterocycles. The molecule has 11 heteroatoms. The van der Waals surface area contributed by atoms with Gasteiger partial charge in [-0.15, -0.1) is 0 Å². The number of anilines is 1. The first kappa shape index (κ1) is 39.5. The Bertz CT molecular complexity index is 2350. The quantitative estimate of drug-likeness (QED) is 0.105. The van der Waals surface area contributed by atoms with Crippen LogP contribution in [-0.2, 0) is 31.4 Å². The minimum Gasteiger partial charge on any atom is -0.493 e. The van der Waals surface area contributed by atoms with Gasteiger partial charge in [-0.2, -0.15) is 5.10 Å². The molecule has 0 saturated carbocycles. The Morgan fingerprint density at radius 2 is 1.57 bits per heavy atom. The zero-order valence-electron chi connectivity index (χ0n) is 34.3. The molecule has 0 amide bonds. The van der Waals surface area contributed by atoms with Gasteiger partial charge in [-0.25, -0.2) is 4.79 Å². The van der Waals surface area contributed by atoms with Crippen LogP contribution in [0.4, 0.5) is 5.69 Å². The number of aromatic nitrogens is 3. The van der Waals surface area contributed by atoms with E-state index >= 15 is 0 Å². The highest BCUT2D eigenvalue weighted by Crippen LogP contribution is 2.39. The number of hydrogen-bond donors (Lipinski definition) is 1. The molecule has 2 saturated heterocycles. The molecular formula is C47H56N6O5. The summed E-state index contributed by atoms with van der Waals surface area (Å²) in [5.74, 6) is 0.707. The van der Waals surface area contributed by atoms with Crippen molar-refractivity contribution in [2.45, 2.75) is 52.8 Å². The van der Waals surface area contributed by atoms with Crippen molar-refractivity contribution in [1.82, 2.24) is 24.1 Å². The number of carboxylic acid groups (broad SMARTS) is 1. The molecule has 0 spiro atoms. The van der Waals surface area contributed by atoms with Crippen LogP contribution in [0.25, 0.3) is 32.8 Å². The second-order valence-electron chi connectivity index (χ2n) is 15.8. The molecule has 0 aliphatic carbocycles. The van der Waals surface area contributed by atoms with Crippen LogP contribution in [0.5, 0.6) is 11.5 Å². The summed E-state index contributed by atoms with van der Waals surface area (Å²) in [5, 5.41) is 19.0. The molecule has 2 fully saturated rings. The summed E-state index contributed by atoms with van der Waals surface area (Å²) in [5.41, 5.74) is 7.03. The van der Waals surface area contributed by atoms with Crippen LogP contribution in [0.2, 0.25) is 0 Å². The average Bonchev–Trinajstić information content (AvgIpc) is 3.72. The number of hydrogen-bond acceptors (Lipinski definition) is 8. The number of rotatable bonds is 15. The third-order valence-electron chi connectivity index (χ3n) is 11.9. The normalized spacial score (nSPS) is 15.5. The summed E-state index contributed by atoms with van der Waals surface area (Å²) in [6, 6.07) is 29.5. The third-order valence-corrected chi connectivity index (χ3v) is 11.9. The van der Waals surface area contributed by atoms with E-state index in [0.717, 1.165) is 107 Å². The SMILES string of the molecule is Cc1nn(C)c(COc2ccc(N3CCN(C(C)C)CC3)cc2)c1-c1cccc2c(CCCOc3cccc4ccccc34)c(C(=O)O)n(CCN3CCOCC3)c12. The number of aryl methyl sites for hydroxylation is 3. The van der Waals surface area contributed by atoms with E-state index in [9.17, 15) is 9.90 Å². The van der Waals surface area contributed by atoms with Gasteiger partial charge in [-0.1, -0.05) is 54.6 Å². The number of benzene rings is 4. The van der Waals surface area contributed by atoms with Crippen molar-refractivity contribution in [2.24, 2.45) is 7.05 Å². The van der Waals surface area contributed by atoms with Crippen molar-refractivity contribution in [2.75, 3.05) is 70.5 Å². The van der Waals surface area contributed by atoms with E-state index in [1.54, 1.807) is 0 Å². The second-order valence-corrected chi connectivity index (χ2v) is 15.8. The van der Waals surface area contributed by atoms with Crippen molar-refractivity contribution in [1.29, 1.82) is 0 Å². The van der Waals surface area contributed by atoms with Crippen LogP contribution in [0.15, 0.2) is 84.9 Å². The highest BCUT2D eigenvalue weighted by molar-refractivity contribution is 6.04. The Kier molecular flexibility index (Phi) is 12.0. The molecule has 4 heterocycles. The molecule has 1 N–H and O–H groups in total. The minimum atomic E-state index is -0.925. The Morgan fingerprint density at radius 1 is 0.845 bits per heavy atom. The fraction of sp³-hybridized carbons (Fsp3) is 0.404. The van der Waals surface area contributed by atoms with Gasteiger partial charge >= 0.3 is 5.97 Å². The lowest BCUT2D eigenvalue weighted by Gasteiger charge is -2.38. The van der Waals surface area contributed by atoms with Gasteiger partial charge < -0.3 is 28.8 Å². The molecule has 0 unspecified atom stereocenters. The van der Waals surface area contributed by atoms with Gasteiger partial charge in [0.1, 0.15) is 23.8 Å². The van der Waals surface area contributed by atoms with Crippen LogP contribution in [0.3, 0.4) is 0 Å². The van der Waals surface area contributed by atoms with E-state index in [-0.39, 0.29) is 0 Å². The highest BCUT2D eigenvalue weighted by Gasteiger charge is 2.28. The van der Waals surface area contributed by atoms with Crippen LogP contribution in [0.1, 0.15) is 47.7 Å². The molecule has 6 aromatic rings. The van der Waals surface area contributed by atoms with E-state index in [4.69, 9.17) is 19.3 Å². The van der Waals surface area contributed by atoms with Gasteiger partial charge in [-0.05, 0) is 74.9 Å². The summed E-state index contributed by atoms with van der Waals surface area (Å²) >= 11 is 0. The summed E-state index contributed by atoms with van der Waals surface area (Å²) in [7, 11) is 1.96. The largest absolute Gasteiger partial charge is 0.493 e. The van der Waals surface area contributed by atoms with E-state index in [2.05, 4.69) is 83.1 Å². The molecule has 2 aliphatic rings. The molecule has 4 aromatic carbocycles. The van der Waals surface area contributed by atoms with Crippen molar-refractivity contribution >= 4 is 33.3 Å². The van der Waals surface area contributed by atoms with Gasteiger partial charge in [0, 0.05) is 93.0 Å². The van der Waals surface area contributed by atoms with E-state index in [0.29, 0.717) is 57.5 Å². The molecule has 0 atom stereocenters. The number of para-hydroxylation sites is 1. The summed E-state index contributed by atoms with van der Waals surface area (Å²) in [6.45, 7) is 15.8. The van der Waals surface area contributed by atoms with Gasteiger partial charge in [0.25, 0.3) is 0 Å². The summed E-state index contributed by atoms with van der Waals surface area (Å²) < 4.78 is 22.4. The van der Waals surface area contributed by atoms with E-state index in [1.165, 1.54) is 5.69 Å². The average molecular weight is 785 g/mol. The first-order valence-corrected chi connectivity index (χ1v) is 20.8. The monoisotopic (exact) mass is 784 g/mol. The molecule has 8 rings (SSSR count). The predicted octanol–water partition coefficient (Wildman–Crippen LogP) is 7.65. The Hall–Kier alpha value is -5.36. The molecular weight excluding hydrogens is 729 g/mol. The molecule has 0 radical (unpaired) electrons. The van der Waals surface area contributed by atoms with Gasteiger partial charge in [0.05, 0.1) is 36.7 Å². The van der Waals surface area contributed by atoms with Crippen molar-refractivity contribution in [3.63, 3.8) is 0 Å². The zero-order valence-corrected chi connectivity index (χ0v) is 34.3. The molecule has 304 valence electrons. The topological polar surface area (TPSA) is 97.5 Å². The van der Waals surface area contributed by atoms with Gasteiger partial charge in [-0.3, -0.25) is 14.5 Å². The fourth-order valence-electron chi connectivity index (χ4n) is 8.85. The smallest absolute Gasteiger partial charge is 0.352 e. The highest BCUT2D eigenvalue weighted by atomic mass is 16.5.